The van der Waals surface area contributed by atoms with Crippen molar-refractivity contribution < 1.29 is 9.90 Å². The van der Waals surface area contributed by atoms with Crippen LogP contribution in [0.5, 0.6) is 0 Å². The van der Waals surface area contributed by atoms with Gasteiger partial charge >= 0.3 is 0 Å². The van der Waals surface area contributed by atoms with E-state index >= 15 is 0 Å². The lowest BCUT2D eigenvalue weighted by molar-refractivity contribution is -0.123. The molecule has 0 spiro atoms. The van der Waals surface area contributed by atoms with Gasteiger partial charge in [0.05, 0.1) is 6.10 Å². The summed E-state index contributed by atoms with van der Waals surface area (Å²) in [5.74, 6) is 2.10. The van der Waals surface area contributed by atoms with Crippen molar-refractivity contribution >= 4 is 5.78 Å². The molecule has 0 amide bonds. The fraction of sp³-hybridized carbons (Fsp3) is 0.933. The van der Waals surface area contributed by atoms with E-state index in [1.54, 1.807) is 0 Å². The summed E-state index contributed by atoms with van der Waals surface area (Å²) in [6.07, 6.45) is 2.83. The van der Waals surface area contributed by atoms with Gasteiger partial charge in [-0.05, 0) is 41.4 Å². The number of carbonyl (C=O) groups excluding carboxylic acids is 1. The number of ketones is 1. The van der Waals surface area contributed by atoms with E-state index in [-0.39, 0.29) is 22.9 Å². The molecule has 0 aliphatic heterocycles. The molecule has 1 N–H and O–H groups in total. The highest BCUT2D eigenvalue weighted by Crippen LogP contribution is 2.68. The third-order valence-corrected chi connectivity index (χ3v) is 6.49. The van der Waals surface area contributed by atoms with E-state index in [0.29, 0.717) is 23.5 Å². The van der Waals surface area contributed by atoms with Crippen molar-refractivity contribution in [1.82, 2.24) is 0 Å². The summed E-state index contributed by atoms with van der Waals surface area (Å²) in [5.41, 5.74) is 0.101. The molecule has 3 aliphatic rings. The zero-order valence-corrected chi connectivity index (χ0v) is 11.4. The molecular formula is C15H24O2. The minimum Gasteiger partial charge on any atom is -0.392 e. The molecule has 2 heteroatoms. The van der Waals surface area contributed by atoms with Crippen molar-refractivity contribution in [3.05, 3.63) is 0 Å². The topological polar surface area (TPSA) is 37.3 Å². The molecule has 3 rings (SSSR count). The summed E-state index contributed by atoms with van der Waals surface area (Å²) < 4.78 is 0. The van der Waals surface area contributed by atoms with Crippen molar-refractivity contribution in [1.29, 1.82) is 0 Å². The highest BCUT2D eigenvalue weighted by molar-refractivity contribution is 5.84. The molecule has 0 aromatic carbocycles. The van der Waals surface area contributed by atoms with E-state index in [4.69, 9.17) is 0 Å². The standard InChI is InChI=1S/C15H24O2/c1-8-11(16)6-10-5-9-7-14(2,3)13(17)12(9)15(8,10)4/h8-10,12-13,17H,5-7H2,1-4H3/t8-,9?,10?,12?,13+,15+/m1/s1. The van der Waals surface area contributed by atoms with Crippen molar-refractivity contribution in [2.75, 3.05) is 0 Å². The Bertz CT molecular complexity index is 373. The third kappa shape index (κ3) is 1.23. The first kappa shape index (κ1) is 11.7. The summed E-state index contributed by atoms with van der Waals surface area (Å²) in [6, 6.07) is 0. The number of hydrogen-bond acceptors (Lipinski definition) is 2. The number of Topliss-reactive ketones (excluding diaryl/α,β-unsaturated/α-hetero) is 1. The number of fused-ring (bicyclic) bond motifs is 3. The van der Waals surface area contributed by atoms with E-state index < -0.39 is 0 Å². The van der Waals surface area contributed by atoms with Crippen LogP contribution >= 0.6 is 0 Å². The normalized spacial score (nSPS) is 56.1. The summed E-state index contributed by atoms with van der Waals surface area (Å²) in [7, 11) is 0. The fourth-order valence-electron chi connectivity index (χ4n) is 5.35. The van der Waals surface area contributed by atoms with Crippen molar-refractivity contribution in [3.8, 4) is 0 Å². The van der Waals surface area contributed by atoms with Crippen LogP contribution in [0.2, 0.25) is 0 Å². The van der Waals surface area contributed by atoms with E-state index in [2.05, 4.69) is 27.7 Å². The SMILES string of the molecule is C[C@@H]1C(=O)CC2CC3CC(C)(C)[C@@H](O)C3[C@]21C. The van der Waals surface area contributed by atoms with Gasteiger partial charge in [-0.2, -0.15) is 0 Å². The zero-order valence-electron chi connectivity index (χ0n) is 11.4. The Labute approximate surface area is 104 Å². The number of rotatable bonds is 0. The number of aliphatic hydroxyl groups is 1. The molecule has 0 saturated heterocycles. The maximum atomic E-state index is 12.0. The Morgan fingerprint density at radius 2 is 1.94 bits per heavy atom. The minimum absolute atomic E-state index is 0.0364. The number of aliphatic hydroxyl groups excluding tert-OH is 1. The second-order valence-corrected chi connectivity index (χ2v) is 7.61. The highest BCUT2D eigenvalue weighted by atomic mass is 16.3. The van der Waals surface area contributed by atoms with Crippen LogP contribution in [0.4, 0.5) is 0 Å². The maximum absolute atomic E-state index is 12.0. The molecule has 17 heavy (non-hydrogen) atoms. The zero-order chi connectivity index (χ0) is 12.6. The first-order valence-electron chi connectivity index (χ1n) is 6.99. The lowest BCUT2D eigenvalue weighted by Crippen LogP contribution is -2.41. The molecule has 2 nitrogen and oxygen atoms in total. The quantitative estimate of drug-likeness (QED) is 0.702. The maximum Gasteiger partial charge on any atom is 0.136 e. The van der Waals surface area contributed by atoms with Gasteiger partial charge in [-0.1, -0.05) is 27.7 Å². The molecular weight excluding hydrogens is 212 g/mol. The molecule has 3 unspecified atom stereocenters. The molecule has 0 bridgehead atoms. The van der Waals surface area contributed by atoms with Crippen LogP contribution in [-0.2, 0) is 4.79 Å². The molecule has 3 saturated carbocycles. The number of carbonyl (C=O) groups is 1. The van der Waals surface area contributed by atoms with Gasteiger partial charge in [-0.3, -0.25) is 4.79 Å². The molecule has 0 radical (unpaired) electrons. The molecule has 3 aliphatic carbocycles. The van der Waals surface area contributed by atoms with Gasteiger partial charge in [-0.15, -0.1) is 0 Å². The molecule has 3 fully saturated rings. The second-order valence-electron chi connectivity index (χ2n) is 7.61. The molecule has 6 atom stereocenters. The first-order valence-corrected chi connectivity index (χ1v) is 6.99. The van der Waals surface area contributed by atoms with Crippen LogP contribution < -0.4 is 0 Å². The molecule has 0 aromatic rings. The Morgan fingerprint density at radius 3 is 2.59 bits per heavy atom. The molecule has 0 aromatic heterocycles. The highest BCUT2D eigenvalue weighted by Gasteiger charge is 2.66. The van der Waals surface area contributed by atoms with Gasteiger partial charge in [0.15, 0.2) is 0 Å². The Kier molecular flexibility index (Phi) is 2.16. The van der Waals surface area contributed by atoms with Gasteiger partial charge in [0, 0.05) is 12.3 Å². The van der Waals surface area contributed by atoms with Crippen molar-refractivity contribution in [2.45, 2.75) is 53.1 Å². The van der Waals surface area contributed by atoms with Gasteiger partial charge in [0.2, 0.25) is 0 Å². The van der Waals surface area contributed by atoms with E-state index in [9.17, 15) is 9.90 Å². The van der Waals surface area contributed by atoms with Crippen LogP contribution in [0.25, 0.3) is 0 Å². The van der Waals surface area contributed by atoms with Gasteiger partial charge < -0.3 is 5.11 Å². The van der Waals surface area contributed by atoms with E-state index in [0.717, 1.165) is 19.3 Å². The van der Waals surface area contributed by atoms with E-state index in [1.165, 1.54) is 0 Å². The summed E-state index contributed by atoms with van der Waals surface area (Å²) in [6.45, 7) is 8.71. The minimum atomic E-state index is -0.226. The Hall–Kier alpha value is -0.370. The van der Waals surface area contributed by atoms with Gasteiger partial charge in [0.1, 0.15) is 5.78 Å². The average molecular weight is 236 g/mol. The predicted molar refractivity (Wildman–Crippen MR) is 66.4 cm³/mol. The van der Waals surface area contributed by atoms with Crippen molar-refractivity contribution in [2.24, 2.45) is 34.5 Å². The van der Waals surface area contributed by atoms with Crippen LogP contribution in [0.3, 0.4) is 0 Å². The largest absolute Gasteiger partial charge is 0.392 e. The monoisotopic (exact) mass is 236 g/mol. The summed E-state index contributed by atoms with van der Waals surface area (Å²) >= 11 is 0. The lowest BCUT2D eigenvalue weighted by Gasteiger charge is -2.39. The molecule has 0 heterocycles. The van der Waals surface area contributed by atoms with Crippen molar-refractivity contribution in [3.63, 3.8) is 0 Å². The predicted octanol–water partition coefficient (Wildman–Crippen LogP) is 2.64. The number of hydrogen-bond donors (Lipinski definition) is 1. The average Bonchev–Trinajstić information content (AvgIpc) is 2.68. The Balaban J connectivity index is 2.01. The first-order chi connectivity index (χ1) is 7.78. The third-order valence-electron chi connectivity index (χ3n) is 6.49. The molecule has 96 valence electrons. The summed E-state index contributed by atoms with van der Waals surface area (Å²) in [4.78, 5) is 12.0. The Morgan fingerprint density at radius 1 is 1.29 bits per heavy atom. The smallest absolute Gasteiger partial charge is 0.136 e. The fourth-order valence-corrected chi connectivity index (χ4v) is 5.35. The summed E-state index contributed by atoms with van der Waals surface area (Å²) in [5, 5.41) is 10.6. The van der Waals surface area contributed by atoms with E-state index in [1.807, 2.05) is 0 Å². The van der Waals surface area contributed by atoms with Crippen LogP contribution in [0, 0.1) is 34.5 Å². The lowest BCUT2D eigenvalue weighted by atomic mass is 9.66. The second kappa shape index (κ2) is 3.14. The van der Waals surface area contributed by atoms with Crippen LogP contribution in [0.15, 0.2) is 0 Å². The van der Waals surface area contributed by atoms with Gasteiger partial charge in [-0.25, -0.2) is 0 Å². The van der Waals surface area contributed by atoms with Crippen LogP contribution in [-0.4, -0.2) is 17.0 Å². The van der Waals surface area contributed by atoms with Gasteiger partial charge in [0.25, 0.3) is 0 Å². The van der Waals surface area contributed by atoms with Crippen LogP contribution in [0.1, 0.15) is 47.0 Å².